The minimum atomic E-state index is -1.00. The third kappa shape index (κ3) is 6.37. The topological polar surface area (TPSA) is 98.6 Å². The average Bonchev–Trinajstić information content (AvgIpc) is 3.30. The van der Waals surface area contributed by atoms with E-state index in [4.69, 9.17) is 9.47 Å². The van der Waals surface area contributed by atoms with Gasteiger partial charge in [0.05, 0.1) is 19.2 Å². The zero-order valence-electron chi connectivity index (χ0n) is 23.3. The van der Waals surface area contributed by atoms with E-state index in [1.807, 2.05) is 83.1 Å². The number of hydrogen-bond acceptors (Lipinski definition) is 6. The van der Waals surface area contributed by atoms with Crippen molar-refractivity contribution in [3.8, 4) is 11.5 Å². The number of carbonyl (C=O) groups excluding carboxylic acids is 2. The predicted molar refractivity (Wildman–Crippen MR) is 151 cm³/mol. The van der Waals surface area contributed by atoms with Gasteiger partial charge in [-0.05, 0) is 76.6 Å². The van der Waals surface area contributed by atoms with Gasteiger partial charge in [-0.1, -0.05) is 41.1 Å². The van der Waals surface area contributed by atoms with Crippen LogP contribution in [0.25, 0.3) is 11.0 Å². The van der Waals surface area contributed by atoms with E-state index in [2.05, 4.69) is 15.6 Å². The molecule has 1 atom stereocenters. The van der Waals surface area contributed by atoms with E-state index < -0.39 is 11.6 Å². The summed E-state index contributed by atoms with van der Waals surface area (Å²) in [6.45, 7) is 9.92. The molecule has 0 aliphatic heterocycles. The summed E-state index contributed by atoms with van der Waals surface area (Å²) in [4.78, 5) is 29.6. The lowest BCUT2D eigenvalue weighted by atomic mass is 10.00. The van der Waals surface area contributed by atoms with E-state index in [1.54, 1.807) is 30.0 Å². The Morgan fingerprint density at radius 2 is 1.74 bits per heavy atom. The highest BCUT2D eigenvalue weighted by Gasteiger charge is 2.35. The Bertz CT molecular complexity index is 1460. The first-order valence-electron chi connectivity index (χ1n) is 12.9. The van der Waals surface area contributed by atoms with E-state index in [9.17, 15) is 9.59 Å². The van der Waals surface area contributed by atoms with Gasteiger partial charge < -0.3 is 14.8 Å². The number of para-hydroxylation sites is 1. The smallest absolute Gasteiger partial charge is 0.249 e. The van der Waals surface area contributed by atoms with Crippen LogP contribution in [0.15, 0.2) is 66.7 Å². The summed E-state index contributed by atoms with van der Waals surface area (Å²) < 4.78 is 12.8. The van der Waals surface area contributed by atoms with Crippen molar-refractivity contribution in [3.63, 3.8) is 0 Å². The molecule has 0 fully saturated rings. The van der Waals surface area contributed by atoms with Gasteiger partial charge in [0.1, 0.15) is 18.1 Å². The van der Waals surface area contributed by atoms with E-state index in [-0.39, 0.29) is 18.4 Å². The van der Waals surface area contributed by atoms with Crippen molar-refractivity contribution in [2.75, 3.05) is 18.6 Å². The molecule has 9 heteroatoms. The summed E-state index contributed by atoms with van der Waals surface area (Å²) in [5.41, 5.74) is 3.08. The highest BCUT2D eigenvalue weighted by molar-refractivity contribution is 6.01. The zero-order valence-corrected chi connectivity index (χ0v) is 23.3. The molecular weight excluding hydrogens is 494 g/mol. The van der Waals surface area contributed by atoms with Crippen molar-refractivity contribution in [2.24, 2.45) is 0 Å². The van der Waals surface area contributed by atoms with Gasteiger partial charge in [0.15, 0.2) is 11.5 Å². The van der Waals surface area contributed by atoms with Crippen LogP contribution >= 0.6 is 0 Å². The van der Waals surface area contributed by atoms with E-state index in [1.165, 1.54) is 4.90 Å². The normalized spacial score (nSPS) is 12.2. The molecule has 0 saturated heterocycles. The predicted octanol–water partition coefficient (Wildman–Crippen LogP) is 4.84. The number of ether oxygens (including phenoxy) is 2. The largest absolute Gasteiger partial charge is 0.493 e. The van der Waals surface area contributed by atoms with Gasteiger partial charge in [-0.3, -0.25) is 14.5 Å². The molecule has 2 amide bonds. The fraction of sp³-hybridized carbons (Fsp3) is 0.333. The van der Waals surface area contributed by atoms with Crippen LogP contribution in [0.4, 0.5) is 5.69 Å². The summed E-state index contributed by atoms with van der Waals surface area (Å²) in [6.07, 6.45) is 0. The van der Waals surface area contributed by atoms with Crippen molar-refractivity contribution in [1.82, 2.24) is 20.3 Å². The number of carbonyl (C=O) groups is 2. The Labute approximate surface area is 228 Å². The number of fused-ring (bicyclic) bond motifs is 1. The molecule has 0 unspecified atom stereocenters. The molecule has 0 bridgehead atoms. The second-order valence-electron chi connectivity index (χ2n) is 10.3. The lowest BCUT2D eigenvalue weighted by Crippen LogP contribution is -2.50. The highest BCUT2D eigenvalue weighted by Crippen LogP contribution is 2.35. The molecule has 3 aromatic carbocycles. The van der Waals surface area contributed by atoms with Gasteiger partial charge in [0.25, 0.3) is 0 Å². The van der Waals surface area contributed by atoms with Gasteiger partial charge in [0, 0.05) is 11.2 Å². The van der Waals surface area contributed by atoms with Gasteiger partial charge in [-0.2, -0.15) is 0 Å². The molecule has 39 heavy (non-hydrogen) atoms. The lowest BCUT2D eigenvalue weighted by Gasteiger charge is -2.34. The molecule has 204 valence electrons. The second kappa shape index (κ2) is 11.6. The maximum atomic E-state index is 14.1. The minimum Gasteiger partial charge on any atom is -0.493 e. The minimum absolute atomic E-state index is 0.109. The molecule has 1 N–H and O–H groups in total. The summed E-state index contributed by atoms with van der Waals surface area (Å²) in [6, 6.07) is 19.3. The van der Waals surface area contributed by atoms with Crippen LogP contribution in [0, 0.1) is 6.92 Å². The van der Waals surface area contributed by atoms with Crippen LogP contribution in [0.3, 0.4) is 0 Å². The van der Waals surface area contributed by atoms with E-state index in [0.29, 0.717) is 34.9 Å². The number of methoxy groups -OCH3 is 1. The van der Waals surface area contributed by atoms with Crippen LogP contribution < -0.4 is 19.7 Å². The fourth-order valence-corrected chi connectivity index (χ4v) is 4.37. The molecule has 0 spiro atoms. The SMILES string of the molecule is CCOc1ccc([C@@H](C(=O)NC(C)(C)C)N(C(=O)Cn2nnc3ccccc32)c2ccc(C)cc2)cc1OC. The molecular formula is C30H35N5O4. The summed E-state index contributed by atoms with van der Waals surface area (Å²) >= 11 is 0. The first kappa shape index (κ1) is 27.6. The van der Waals surface area contributed by atoms with Crippen molar-refractivity contribution >= 4 is 28.5 Å². The standard InChI is InChI=1S/C30H35N5O4/c1-7-39-25-17-14-21(18-26(25)38-6)28(29(37)31-30(3,4)5)35(22-15-12-20(2)13-16-22)27(36)19-34-24-11-9-8-10-23(24)32-33-34/h8-18,28H,7,19H2,1-6H3,(H,31,37)/t28-/m0/s1. The van der Waals surface area contributed by atoms with Crippen LogP contribution in [-0.2, 0) is 16.1 Å². The molecule has 4 rings (SSSR count). The maximum absolute atomic E-state index is 14.1. The maximum Gasteiger partial charge on any atom is 0.249 e. The number of benzene rings is 3. The highest BCUT2D eigenvalue weighted by atomic mass is 16.5. The zero-order chi connectivity index (χ0) is 28.2. The number of amides is 2. The van der Waals surface area contributed by atoms with Crippen molar-refractivity contribution in [2.45, 2.75) is 52.7 Å². The molecule has 0 radical (unpaired) electrons. The third-order valence-electron chi connectivity index (χ3n) is 6.09. The number of rotatable bonds is 9. The van der Waals surface area contributed by atoms with Crippen LogP contribution in [0.2, 0.25) is 0 Å². The average molecular weight is 530 g/mol. The van der Waals surface area contributed by atoms with Gasteiger partial charge in [0.2, 0.25) is 11.8 Å². The molecule has 0 aliphatic carbocycles. The Morgan fingerprint density at radius 3 is 2.41 bits per heavy atom. The van der Waals surface area contributed by atoms with Crippen LogP contribution in [0.1, 0.15) is 44.9 Å². The first-order chi connectivity index (χ1) is 18.6. The fourth-order valence-electron chi connectivity index (χ4n) is 4.37. The van der Waals surface area contributed by atoms with Gasteiger partial charge in [-0.25, -0.2) is 4.68 Å². The Balaban J connectivity index is 1.85. The van der Waals surface area contributed by atoms with Crippen molar-refractivity contribution in [1.29, 1.82) is 0 Å². The monoisotopic (exact) mass is 529 g/mol. The molecule has 0 saturated carbocycles. The second-order valence-corrected chi connectivity index (χ2v) is 10.3. The van der Waals surface area contributed by atoms with Gasteiger partial charge in [-0.15, -0.1) is 5.10 Å². The number of aryl methyl sites for hydroxylation is 1. The number of nitrogens with zero attached hydrogens (tertiary/aromatic N) is 4. The summed E-state index contributed by atoms with van der Waals surface area (Å²) in [5, 5.41) is 11.4. The molecule has 4 aromatic rings. The molecule has 0 aliphatic rings. The Kier molecular flexibility index (Phi) is 8.18. The third-order valence-corrected chi connectivity index (χ3v) is 6.09. The lowest BCUT2D eigenvalue weighted by molar-refractivity contribution is -0.128. The molecule has 1 aromatic heterocycles. The Hall–Kier alpha value is -4.40. The van der Waals surface area contributed by atoms with Crippen LogP contribution in [0.5, 0.6) is 11.5 Å². The summed E-state index contributed by atoms with van der Waals surface area (Å²) in [5.74, 6) is 0.380. The number of hydrogen-bond donors (Lipinski definition) is 1. The Morgan fingerprint density at radius 1 is 1.03 bits per heavy atom. The number of anilines is 1. The first-order valence-corrected chi connectivity index (χ1v) is 12.9. The van der Waals surface area contributed by atoms with Crippen LogP contribution in [-0.4, -0.2) is 46.1 Å². The van der Waals surface area contributed by atoms with E-state index >= 15 is 0 Å². The van der Waals surface area contributed by atoms with Gasteiger partial charge >= 0.3 is 0 Å². The van der Waals surface area contributed by atoms with E-state index in [0.717, 1.165) is 11.1 Å². The number of nitrogens with one attached hydrogen (secondary N) is 1. The summed E-state index contributed by atoms with van der Waals surface area (Å²) in [7, 11) is 1.55. The quantitative estimate of drug-likeness (QED) is 0.333. The molecule has 1 heterocycles. The van der Waals surface area contributed by atoms with Crippen molar-refractivity contribution in [3.05, 3.63) is 77.9 Å². The number of aromatic nitrogens is 3. The van der Waals surface area contributed by atoms with Crippen molar-refractivity contribution < 1.29 is 19.1 Å². The molecule has 9 nitrogen and oxygen atoms in total.